The zero-order chi connectivity index (χ0) is 12.8. The molecule has 0 amide bonds. The van der Waals surface area contributed by atoms with Crippen LogP contribution in [0.2, 0.25) is 5.02 Å². The second-order valence-corrected chi connectivity index (χ2v) is 3.95. The second-order valence-electron chi connectivity index (χ2n) is 3.28. The number of benzene rings is 1. The fourth-order valence-electron chi connectivity index (χ4n) is 1.26. The molecule has 0 spiro atoms. The molecule has 1 aliphatic heterocycles. The van der Waals surface area contributed by atoms with Crippen molar-refractivity contribution in [2.75, 3.05) is 0 Å². The molecule has 1 aromatic carbocycles. The van der Waals surface area contributed by atoms with E-state index in [1.54, 1.807) is 0 Å². The Morgan fingerprint density at radius 2 is 1.65 bits per heavy atom. The fraction of sp³-hybridized carbons (Fsp3) is 0.333. The van der Waals surface area contributed by atoms with E-state index in [4.69, 9.17) is 23.2 Å². The Hall–Kier alpha value is -0.880. The van der Waals surface area contributed by atoms with Gasteiger partial charge in [0, 0.05) is 5.88 Å². The molecule has 1 aromatic rings. The third-order valence-corrected chi connectivity index (χ3v) is 2.62. The first-order valence-electron chi connectivity index (χ1n) is 4.29. The van der Waals surface area contributed by atoms with E-state index in [0.717, 1.165) is 6.07 Å². The average Bonchev–Trinajstić information content (AvgIpc) is 2.20. The van der Waals surface area contributed by atoms with Gasteiger partial charge >= 0.3 is 12.2 Å². The number of fused-ring (bicyclic) bond motifs is 1. The first-order valence-corrected chi connectivity index (χ1v) is 5.20. The summed E-state index contributed by atoms with van der Waals surface area (Å²) in [5, 5.41) is -0.270. The molecule has 0 saturated carbocycles. The summed E-state index contributed by atoms with van der Waals surface area (Å²) < 4.78 is 59.2. The van der Waals surface area contributed by atoms with Crippen LogP contribution in [0.25, 0.3) is 0 Å². The molecular weight excluding hydrogens is 287 g/mol. The van der Waals surface area contributed by atoms with Crippen LogP contribution in [0.1, 0.15) is 5.56 Å². The van der Waals surface area contributed by atoms with E-state index in [0.29, 0.717) is 5.56 Å². The van der Waals surface area contributed by atoms with Gasteiger partial charge in [0.25, 0.3) is 0 Å². The molecule has 0 atom stereocenters. The van der Waals surface area contributed by atoms with E-state index in [-0.39, 0.29) is 10.9 Å². The maximum absolute atomic E-state index is 12.9. The van der Waals surface area contributed by atoms with E-state index < -0.39 is 23.7 Å². The summed E-state index contributed by atoms with van der Waals surface area (Å²) in [7, 11) is 0. The number of hydrogen-bond donors (Lipinski definition) is 0. The summed E-state index contributed by atoms with van der Waals surface area (Å²) in [5.41, 5.74) is 0.347. The molecule has 94 valence electrons. The lowest BCUT2D eigenvalue weighted by Crippen LogP contribution is -2.52. The normalized spacial score (nSPS) is 20.1. The van der Waals surface area contributed by atoms with Gasteiger partial charge in [-0.2, -0.15) is 17.6 Å². The molecular formula is C9H4Cl2F4O2. The Morgan fingerprint density at radius 1 is 1.06 bits per heavy atom. The maximum atomic E-state index is 12.9. The van der Waals surface area contributed by atoms with Crippen molar-refractivity contribution in [2.45, 2.75) is 18.1 Å². The van der Waals surface area contributed by atoms with Crippen molar-refractivity contribution in [1.29, 1.82) is 0 Å². The Morgan fingerprint density at radius 3 is 2.24 bits per heavy atom. The molecule has 0 aliphatic carbocycles. The zero-order valence-corrected chi connectivity index (χ0v) is 9.46. The van der Waals surface area contributed by atoms with Gasteiger partial charge in [-0.15, -0.1) is 11.6 Å². The Kier molecular flexibility index (Phi) is 2.82. The number of alkyl halides is 5. The smallest absolute Gasteiger partial charge is 0.421 e. The molecule has 8 heteroatoms. The van der Waals surface area contributed by atoms with Crippen LogP contribution in [0.5, 0.6) is 11.5 Å². The van der Waals surface area contributed by atoms with Crippen molar-refractivity contribution in [3.63, 3.8) is 0 Å². The van der Waals surface area contributed by atoms with E-state index in [1.165, 1.54) is 6.07 Å². The fourth-order valence-corrected chi connectivity index (χ4v) is 1.68. The third-order valence-electron chi connectivity index (χ3n) is 2.03. The van der Waals surface area contributed by atoms with Gasteiger partial charge in [-0.05, 0) is 17.7 Å². The molecule has 2 nitrogen and oxygen atoms in total. The topological polar surface area (TPSA) is 18.5 Å². The lowest BCUT2D eigenvalue weighted by molar-refractivity contribution is -0.391. The predicted octanol–water partition coefficient (Wildman–Crippen LogP) is 4.04. The number of halogens is 6. The molecule has 0 aromatic heterocycles. The van der Waals surface area contributed by atoms with Crippen molar-refractivity contribution in [3.05, 3.63) is 22.7 Å². The van der Waals surface area contributed by atoms with Gasteiger partial charge in [-0.3, -0.25) is 0 Å². The molecule has 2 rings (SSSR count). The van der Waals surface area contributed by atoms with Crippen molar-refractivity contribution in [3.8, 4) is 11.5 Å². The van der Waals surface area contributed by atoms with Gasteiger partial charge in [-0.25, -0.2) is 0 Å². The van der Waals surface area contributed by atoms with Crippen LogP contribution in [0.4, 0.5) is 17.6 Å². The SMILES string of the molecule is FC1(F)Oc2cc(CCl)cc(Cl)c2OC1(F)F. The first kappa shape index (κ1) is 12.6. The minimum atomic E-state index is -4.77. The van der Waals surface area contributed by atoms with Crippen molar-refractivity contribution < 1.29 is 27.0 Å². The summed E-state index contributed by atoms with van der Waals surface area (Å²) >= 11 is 11.1. The van der Waals surface area contributed by atoms with Gasteiger partial charge in [0.05, 0.1) is 5.02 Å². The average molecular weight is 291 g/mol. The molecule has 0 radical (unpaired) electrons. The standard InChI is InChI=1S/C9H4Cl2F4O2/c10-3-4-1-5(11)7-6(2-4)16-8(12,13)9(14,15)17-7/h1-2H,3H2. The summed E-state index contributed by atoms with van der Waals surface area (Å²) in [6.45, 7) is 0. The minimum Gasteiger partial charge on any atom is -0.421 e. The first-order chi connectivity index (χ1) is 7.77. The Labute approximate surface area is 103 Å². The second kappa shape index (κ2) is 3.81. The molecule has 0 N–H and O–H groups in total. The van der Waals surface area contributed by atoms with Crippen LogP contribution < -0.4 is 9.47 Å². The summed E-state index contributed by atoms with van der Waals surface area (Å²) in [6, 6.07) is 2.30. The van der Waals surface area contributed by atoms with Crippen LogP contribution in [-0.4, -0.2) is 12.2 Å². The van der Waals surface area contributed by atoms with E-state index >= 15 is 0 Å². The van der Waals surface area contributed by atoms with E-state index in [2.05, 4.69) is 9.47 Å². The molecule has 0 saturated heterocycles. The maximum Gasteiger partial charge on any atom is 0.507 e. The molecule has 0 unspecified atom stereocenters. The molecule has 1 aliphatic rings. The molecule has 0 bridgehead atoms. The van der Waals surface area contributed by atoms with Gasteiger partial charge in [0.2, 0.25) is 0 Å². The van der Waals surface area contributed by atoms with Crippen molar-refractivity contribution in [1.82, 2.24) is 0 Å². The predicted molar refractivity (Wildman–Crippen MR) is 52.2 cm³/mol. The van der Waals surface area contributed by atoms with Crippen molar-refractivity contribution in [2.24, 2.45) is 0 Å². The van der Waals surface area contributed by atoms with Crippen LogP contribution in [0.15, 0.2) is 12.1 Å². The molecule has 17 heavy (non-hydrogen) atoms. The highest BCUT2D eigenvalue weighted by Gasteiger charge is 2.66. The van der Waals surface area contributed by atoms with Crippen LogP contribution in [0.3, 0.4) is 0 Å². The lowest BCUT2D eigenvalue weighted by Gasteiger charge is -2.32. The van der Waals surface area contributed by atoms with Gasteiger partial charge < -0.3 is 9.47 Å². The number of ether oxygens (including phenoxy) is 2. The van der Waals surface area contributed by atoms with Gasteiger partial charge in [-0.1, -0.05) is 11.6 Å². The van der Waals surface area contributed by atoms with Crippen LogP contribution in [-0.2, 0) is 5.88 Å². The Bertz CT molecular complexity index is 465. The Balaban J connectivity index is 2.53. The van der Waals surface area contributed by atoms with Gasteiger partial charge in [0.1, 0.15) is 0 Å². The highest BCUT2D eigenvalue weighted by molar-refractivity contribution is 6.32. The largest absolute Gasteiger partial charge is 0.507 e. The zero-order valence-electron chi connectivity index (χ0n) is 7.95. The number of hydrogen-bond acceptors (Lipinski definition) is 2. The van der Waals surface area contributed by atoms with Gasteiger partial charge in [0.15, 0.2) is 11.5 Å². The third kappa shape index (κ3) is 1.99. The summed E-state index contributed by atoms with van der Waals surface area (Å²) in [6.07, 6.45) is -9.53. The van der Waals surface area contributed by atoms with Crippen LogP contribution >= 0.6 is 23.2 Å². The highest BCUT2D eigenvalue weighted by atomic mass is 35.5. The summed E-state index contributed by atoms with van der Waals surface area (Å²) in [4.78, 5) is 0. The quantitative estimate of drug-likeness (QED) is 0.574. The lowest BCUT2D eigenvalue weighted by atomic mass is 10.2. The van der Waals surface area contributed by atoms with Crippen molar-refractivity contribution >= 4 is 23.2 Å². The summed E-state index contributed by atoms with van der Waals surface area (Å²) in [5.74, 6) is -1.22. The minimum absolute atomic E-state index is 0.0294. The molecule has 1 heterocycles. The van der Waals surface area contributed by atoms with E-state index in [1.807, 2.05) is 0 Å². The molecule has 0 fully saturated rings. The van der Waals surface area contributed by atoms with Crippen LogP contribution in [0, 0.1) is 0 Å². The highest BCUT2D eigenvalue weighted by Crippen LogP contribution is 2.50. The van der Waals surface area contributed by atoms with E-state index in [9.17, 15) is 17.6 Å². The number of rotatable bonds is 1. The monoisotopic (exact) mass is 290 g/mol.